The number of amides is 3. The number of aromatic amines is 1. The third-order valence-corrected chi connectivity index (χ3v) is 5.02. The molecule has 1 aromatic rings. The highest BCUT2D eigenvalue weighted by Crippen LogP contribution is 2.10. The number of aliphatic hydroxyl groups is 2. The Bertz CT molecular complexity index is 770. The van der Waals surface area contributed by atoms with E-state index in [9.17, 15) is 34.5 Å². The van der Waals surface area contributed by atoms with E-state index in [2.05, 4.69) is 25.9 Å². The first-order chi connectivity index (χ1) is 15.0. The number of aromatic nitrogens is 2. The van der Waals surface area contributed by atoms with Gasteiger partial charge in [-0.1, -0.05) is 20.3 Å². The molecule has 6 unspecified atom stereocenters. The summed E-state index contributed by atoms with van der Waals surface area (Å²) in [6.45, 7) is 3.98. The van der Waals surface area contributed by atoms with E-state index >= 15 is 0 Å². The van der Waals surface area contributed by atoms with Crippen molar-refractivity contribution in [3.63, 3.8) is 0 Å². The van der Waals surface area contributed by atoms with Crippen LogP contribution in [0.4, 0.5) is 0 Å². The number of aliphatic hydroxyl groups excluding tert-OH is 2. The van der Waals surface area contributed by atoms with Crippen molar-refractivity contribution in [1.82, 2.24) is 25.9 Å². The van der Waals surface area contributed by atoms with Crippen LogP contribution in [0.2, 0.25) is 0 Å². The Morgan fingerprint density at radius 1 is 1.09 bits per heavy atom. The molecule has 0 bridgehead atoms. The van der Waals surface area contributed by atoms with E-state index in [1.807, 2.05) is 0 Å². The van der Waals surface area contributed by atoms with Gasteiger partial charge in [0.2, 0.25) is 17.7 Å². The average molecular weight is 457 g/mol. The van der Waals surface area contributed by atoms with Crippen molar-refractivity contribution in [2.75, 3.05) is 6.61 Å². The number of imidazole rings is 1. The van der Waals surface area contributed by atoms with Gasteiger partial charge in [-0.3, -0.25) is 14.4 Å². The van der Waals surface area contributed by atoms with Crippen molar-refractivity contribution in [3.8, 4) is 0 Å². The number of hydrogen-bond acceptors (Lipinski definition) is 8. The van der Waals surface area contributed by atoms with Crippen molar-refractivity contribution >= 4 is 23.7 Å². The van der Waals surface area contributed by atoms with Crippen molar-refractivity contribution in [2.24, 2.45) is 11.7 Å². The largest absolute Gasteiger partial charge is 0.480 e. The van der Waals surface area contributed by atoms with Crippen LogP contribution in [0.1, 0.15) is 32.9 Å². The molecule has 0 saturated heterocycles. The van der Waals surface area contributed by atoms with Crippen LogP contribution in [0.3, 0.4) is 0 Å². The average Bonchev–Trinajstić information content (AvgIpc) is 3.26. The summed E-state index contributed by atoms with van der Waals surface area (Å²) in [4.78, 5) is 55.6. The van der Waals surface area contributed by atoms with E-state index in [1.54, 1.807) is 13.8 Å². The number of H-pyrrole nitrogens is 1. The van der Waals surface area contributed by atoms with Gasteiger partial charge >= 0.3 is 5.97 Å². The normalized spacial score (nSPS) is 16.7. The Balaban J connectivity index is 2.91. The lowest BCUT2D eigenvalue weighted by Crippen LogP contribution is -2.60. The van der Waals surface area contributed by atoms with Gasteiger partial charge in [0.1, 0.15) is 24.2 Å². The van der Waals surface area contributed by atoms with Gasteiger partial charge in [0.25, 0.3) is 0 Å². The minimum atomic E-state index is -1.42. The van der Waals surface area contributed by atoms with Gasteiger partial charge in [0.05, 0.1) is 19.0 Å². The van der Waals surface area contributed by atoms with Crippen LogP contribution in [0.15, 0.2) is 12.5 Å². The minimum absolute atomic E-state index is 0.0468. The molecule has 0 aliphatic rings. The molecule has 180 valence electrons. The maximum Gasteiger partial charge on any atom is 0.326 e. The van der Waals surface area contributed by atoms with E-state index in [0.29, 0.717) is 12.1 Å². The first-order valence-corrected chi connectivity index (χ1v) is 10.2. The maximum atomic E-state index is 12.8. The van der Waals surface area contributed by atoms with Gasteiger partial charge < -0.3 is 42.0 Å². The number of carbonyl (C=O) groups is 4. The van der Waals surface area contributed by atoms with Crippen LogP contribution in [-0.4, -0.2) is 85.9 Å². The van der Waals surface area contributed by atoms with Gasteiger partial charge in [-0.05, 0) is 12.8 Å². The number of nitrogens with two attached hydrogens (primary N) is 1. The molecule has 0 fully saturated rings. The van der Waals surface area contributed by atoms with E-state index < -0.39 is 66.5 Å². The number of carbonyl (C=O) groups excluding carboxylic acids is 3. The second kappa shape index (κ2) is 12.7. The number of nitrogens with zero attached hydrogens (tertiary/aromatic N) is 1. The van der Waals surface area contributed by atoms with Crippen molar-refractivity contribution < 1.29 is 34.5 Å². The Hall–Kier alpha value is -3.03. The summed E-state index contributed by atoms with van der Waals surface area (Å²) >= 11 is 0. The molecule has 32 heavy (non-hydrogen) atoms. The lowest BCUT2D eigenvalue weighted by atomic mass is 9.97. The topological polar surface area (TPSA) is 220 Å². The first kappa shape index (κ1) is 27.0. The zero-order valence-corrected chi connectivity index (χ0v) is 18.2. The monoisotopic (exact) mass is 456 g/mol. The molecule has 13 heteroatoms. The summed E-state index contributed by atoms with van der Waals surface area (Å²) in [6, 6.07) is -5.15. The Kier molecular flexibility index (Phi) is 10.7. The van der Waals surface area contributed by atoms with E-state index in [-0.39, 0.29) is 6.42 Å². The van der Waals surface area contributed by atoms with Gasteiger partial charge in [-0.15, -0.1) is 0 Å². The predicted molar refractivity (Wildman–Crippen MR) is 112 cm³/mol. The molecular formula is C19H32N6O7. The molecule has 0 spiro atoms. The highest BCUT2D eigenvalue weighted by molar-refractivity contribution is 5.94. The fourth-order valence-electron chi connectivity index (χ4n) is 2.71. The first-order valence-electron chi connectivity index (χ1n) is 10.2. The predicted octanol–water partition coefficient (Wildman–Crippen LogP) is -2.76. The lowest BCUT2D eigenvalue weighted by molar-refractivity contribution is -0.142. The fraction of sp³-hybridized carbons (Fsp3) is 0.632. The Labute approximate surface area is 185 Å². The molecule has 3 amide bonds. The van der Waals surface area contributed by atoms with Gasteiger partial charge in [-0.25, -0.2) is 9.78 Å². The number of aliphatic carboxylic acids is 1. The summed E-state index contributed by atoms with van der Waals surface area (Å²) < 4.78 is 0. The molecule has 0 aliphatic carbocycles. The van der Waals surface area contributed by atoms with Crippen molar-refractivity contribution in [2.45, 2.75) is 63.9 Å². The molecule has 1 heterocycles. The Morgan fingerprint density at radius 2 is 1.72 bits per heavy atom. The lowest BCUT2D eigenvalue weighted by Gasteiger charge is -2.27. The summed E-state index contributed by atoms with van der Waals surface area (Å²) in [7, 11) is 0. The second-order valence-corrected chi connectivity index (χ2v) is 7.56. The number of hydrogen-bond donors (Lipinski definition) is 8. The molecule has 0 saturated carbocycles. The molecule has 1 rings (SSSR count). The van der Waals surface area contributed by atoms with Crippen LogP contribution in [0, 0.1) is 5.92 Å². The van der Waals surface area contributed by atoms with Crippen LogP contribution < -0.4 is 21.7 Å². The number of nitrogens with one attached hydrogen (secondary N) is 4. The van der Waals surface area contributed by atoms with E-state index in [0.717, 1.165) is 0 Å². The Morgan fingerprint density at radius 3 is 2.19 bits per heavy atom. The standard InChI is InChI=1S/C19H32N6O7/c1-4-9(2)15(18(30)23-12(19(31)32)5-11-6-21-8-22-11)25-16(28)13(7-26)24-17(29)14(20)10(3)27/h6,8-10,12-15,26-27H,4-5,7,20H2,1-3H3,(H,21,22)(H,23,30)(H,24,29)(H,25,28)(H,31,32). The fourth-order valence-corrected chi connectivity index (χ4v) is 2.71. The molecule has 0 aromatic carbocycles. The van der Waals surface area contributed by atoms with Gasteiger partial charge in [0, 0.05) is 18.3 Å². The summed E-state index contributed by atoms with van der Waals surface area (Å²) in [5.41, 5.74) is 6.02. The third kappa shape index (κ3) is 7.90. The number of carboxylic acids is 1. The van der Waals surface area contributed by atoms with Crippen LogP contribution in [0.5, 0.6) is 0 Å². The van der Waals surface area contributed by atoms with Crippen molar-refractivity contribution in [1.29, 1.82) is 0 Å². The van der Waals surface area contributed by atoms with Crippen molar-refractivity contribution in [3.05, 3.63) is 18.2 Å². The zero-order chi connectivity index (χ0) is 24.4. The zero-order valence-electron chi connectivity index (χ0n) is 18.2. The molecule has 0 aliphatic heterocycles. The highest BCUT2D eigenvalue weighted by Gasteiger charge is 2.33. The molecule has 13 nitrogen and oxygen atoms in total. The van der Waals surface area contributed by atoms with Crippen LogP contribution in [0.25, 0.3) is 0 Å². The highest BCUT2D eigenvalue weighted by atomic mass is 16.4. The number of carboxylic acid groups (broad SMARTS) is 1. The van der Waals surface area contributed by atoms with Gasteiger partial charge in [0.15, 0.2) is 0 Å². The SMILES string of the molecule is CCC(C)C(NC(=O)C(CO)NC(=O)C(N)C(C)O)C(=O)NC(Cc1cnc[nH]1)C(=O)O. The van der Waals surface area contributed by atoms with Crippen LogP contribution >= 0.6 is 0 Å². The van der Waals surface area contributed by atoms with Gasteiger partial charge in [-0.2, -0.15) is 0 Å². The van der Waals surface area contributed by atoms with Crippen LogP contribution in [-0.2, 0) is 25.6 Å². The third-order valence-electron chi connectivity index (χ3n) is 5.02. The molecule has 6 atom stereocenters. The van der Waals surface area contributed by atoms with E-state index in [1.165, 1.54) is 19.4 Å². The van der Waals surface area contributed by atoms with E-state index in [4.69, 9.17) is 5.73 Å². The minimum Gasteiger partial charge on any atom is -0.480 e. The molecular weight excluding hydrogens is 424 g/mol. The molecule has 0 radical (unpaired) electrons. The smallest absolute Gasteiger partial charge is 0.326 e. The molecule has 1 aromatic heterocycles. The maximum absolute atomic E-state index is 12.8. The second-order valence-electron chi connectivity index (χ2n) is 7.56. The summed E-state index contributed by atoms with van der Waals surface area (Å²) in [5.74, 6) is -4.11. The quantitative estimate of drug-likeness (QED) is 0.154. The number of rotatable bonds is 13. The summed E-state index contributed by atoms with van der Waals surface area (Å²) in [6.07, 6.45) is 2.06. The summed E-state index contributed by atoms with van der Waals surface area (Å²) in [5, 5.41) is 35.4. The molecule has 9 N–H and O–H groups in total.